The highest BCUT2D eigenvalue weighted by Crippen LogP contribution is 2.31. The number of thiophene rings is 1. The van der Waals surface area contributed by atoms with E-state index in [0.717, 1.165) is 15.6 Å². The molecule has 0 aliphatic carbocycles. The standard InChI is InChI=1S/C15H12ClNO2S2/c16-11-5-6-15(13(17)7-11)21(18,19)9-10-8-20-14-4-2-1-3-12(10)14/h1-8H,9,17H2. The van der Waals surface area contributed by atoms with Crippen molar-refractivity contribution < 1.29 is 8.42 Å². The van der Waals surface area contributed by atoms with Crippen LogP contribution >= 0.6 is 22.9 Å². The second-order valence-corrected chi connectivity index (χ2v) is 8.00. The number of hydrogen-bond acceptors (Lipinski definition) is 4. The Morgan fingerprint density at radius 2 is 1.90 bits per heavy atom. The molecule has 0 unspecified atom stereocenters. The molecule has 108 valence electrons. The van der Waals surface area contributed by atoms with Crippen molar-refractivity contribution in [3.63, 3.8) is 0 Å². The van der Waals surface area contributed by atoms with Crippen molar-refractivity contribution in [3.05, 3.63) is 58.4 Å². The van der Waals surface area contributed by atoms with Crippen LogP contribution in [0.25, 0.3) is 10.1 Å². The van der Waals surface area contributed by atoms with Gasteiger partial charge in [-0.05, 0) is 40.6 Å². The first-order valence-electron chi connectivity index (χ1n) is 6.20. The van der Waals surface area contributed by atoms with E-state index < -0.39 is 9.84 Å². The Morgan fingerprint density at radius 3 is 2.67 bits per heavy atom. The van der Waals surface area contributed by atoms with Gasteiger partial charge in [-0.1, -0.05) is 29.8 Å². The number of fused-ring (bicyclic) bond motifs is 1. The first kappa shape index (κ1) is 14.4. The van der Waals surface area contributed by atoms with Crippen molar-refractivity contribution in [1.29, 1.82) is 0 Å². The van der Waals surface area contributed by atoms with Gasteiger partial charge in [0.2, 0.25) is 0 Å². The fraction of sp³-hybridized carbons (Fsp3) is 0.0667. The summed E-state index contributed by atoms with van der Waals surface area (Å²) in [6, 6.07) is 12.2. The van der Waals surface area contributed by atoms with E-state index in [1.807, 2.05) is 29.6 Å². The minimum Gasteiger partial charge on any atom is -0.398 e. The average molecular weight is 338 g/mol. The van der Waals surface area contributed by atoms with Crippen LogP contribution in [0.5, 0.6) is 0 Å². The number of nitrogens with two attached hydrogens (primary N) is 1. The van der Waals surface area contributed by atoms with Crippen LogP contribution in [0.1, 0.15) is 5.56 Å². The molecule has 0 amide bonds. The Balaban J connectivity index is 2.03. The van der Waals surface area contributed by atoms with E-state index in [1.54, 1.807) is 0 Å². The van der Waals surface area contributed by atoms with Crippen LogP contribution in [0.2, 0.25) is 5.02 Å². The summed E-state index contributed by atoms with van der Waals surface area (Å²) >= 11 is 7.35. The predicted octanol–water partition coefficient (Wildman–Crippen LogP) is 4.11. The second-order valence-electron chi connectivity index (χ2n) is 4.70. The number of halogens is 1. The van der Waals surface area contributed by atoms with E-state index in [1.165, 1.54) is 29.5 Å². The third-order valence-corrected chi connectivity index (χ3v) is 6.19. The predicted molar refractivity (Wildman–Crippen MR) is 88.6 cm³/mol. The molecule has 0 aliphatic rings. The lowest BCUT2D eigenvalue weighted by Gasteiger charge is -2.07. The number of benzene rings is 2. The monoisotopic (exact) mass is 337 g/mol. The van der Waals surface area contributed by atoms with Gasteiger partial charge in [-0.15, -0.1) is 11.3 Å². The van der Waals surface area contributed by atoms with Crippen LogP contribution in [0, 0.1) is 0 Å². The summed E-state index contributed by atoms with van der Waals surface area (Å²) in [6.07, 6.45) is 0. The highest BCUT2D eigenvalue weighted by atomic mass is 35.5. The number of sulfone groups is 1. The molecular formula is C15H12ClNO2S2. The molecule has 0 saturated carbocycles. The quantitative estimate of drug-likeness (QED) is 0.731. The van der Waals surface area contributed by atoms with Crippen molar-refractivity contribution in [2.24, 2.45) is 0 Å². The fourth-order valence-electron chi connectivity index (χ4n) is 2.23. The summed E-state index contributed by atoms with van der Waals surface area (Å²) in [5, 5.41) is 3.28. The SMILES string of the molecule is Nc1cc(Cl)ccc1S(=O)(=O)Cc1csc2ccccc12. The topological polar surface area (TPSA) is 60.2 Å². The van der Waals surface area contributed by atoms with Crippen LogP contribution in [0.15, 0.2) is 52.7 Å². The van der Waals surface area contributed by atoms with Crippen molar-refractivity contribution >= 4 is 48.5 Å². The molecule has 2 N–H and O–H groups in total. The van der Waals surface area contributed by atoms with Crippen LogP contribution in [-0.4, -0.2) is 8.42 Å². The molecule has 0 aliphatic heterocycles. The number of rotatable bonds is 3. The Labute approximate surface area is 131 Å². The molecule has 1 aromatic heterocycles. The van der Waals surface area contributed by atoms with Gasteiger partial charge in [0, 0.05) is 9.72 Å². The summed E-state index contributed by atoms with van der Waals surface area (Å²) in [6.45, 7) is 0. The molecule has 3 nitrogen and oxygen atoms in total. The Morgan fingerprint density at radius 1 is 1.14 bits per heavy atom. The second kappa shape index (κ2) is 5.33. The van der Waals surface area contributed by atoms with Crippen molar-refractivity contribution in [2.45, 2.75) is 10.6 Å². The van der Waals surface area contributed by atoms with Gasteiger partial charge in [0.1, 0.15) is 0 Å². The number of nitrogen functional groups attached to an aromatic ring is 1. The summed E-state index contributed by atoms with van der Waals surface area (Å²) in [4.78, 5) is 0.127. The van der Waals surface area contributed by atoms with Crippen LogP contribution in [-0.2, 0) is 15.6 Å². The minimum absolute atomic E-state index is 0.0666. The fourth-order valence-corrected chi connectivity index (χ4v) is 4.98. The molecule has 0 spiro atoms. The van der Waals surface area contributed by atoms with Gasteiger partial charge in [0.15, 0.2) is 9.84 Å². The minimum atomic E-state index is -3.50. The molecule has 21 heavy (non-hydrogen) atoms. The van der Waals surface area contributed by atoms with Gasteiger partial charge in [0.05, 0.1) is 16.3 Å². The Hall–Kier alpha value is -1.56. The molecule has 0 bridgehead atoms. The largest absolute Gasteiger partial charge is 0.398 e. The van der Waals surface area contributed by atoms with Crippen LogP contribution < -0.4 is 5.73 Å². The zero-order valence-electron chi connectivity index (χ0n) is 10.9. The molecule has 0 fully saturated rings. The molecule has 0 radical (unpaired) electrons. The maximum Gasteiger partial charge on any atom is 0.184 e. The van der Waals surface area contributed by atoms with Crippen LogP contribution in [0.4, 0.5) is 5.69 Å². The summed E-state index contributed by atoms with van der Waals surface area (Å²) < 4.78 is 26.2. The van der Waals surface area contributed by atoms with E-state index in [4.69, 9.17) is 17.3 Å². The Kier molecular flexibility index (Phi) is 3.65. The van der Waals surface area contributed by atoms with Gasteiger partial charge in [-0.25, -0.2) is 8.42 Å². The highest BCUT2D eigenvalue weighted by molar-refractivity contribution is 7.90. The maximum atomic E-state index is 12.6. The van der Waals surface area contributed by atoms with E-state index >= 15 is 0 Å². The smallest absolute Gasteiger partial charge is 0.184 e. The van der Waals surface area contributed by atoms with E-state index in [9.17, 15) is 8.42 Å². The third-order valence-electron chi connectivity index (χ3n) is 3.21. The maximum absolute atomic E-state index is 12.6. The lowest BCUT2D eigenvalue weighted by Crippen LogP contribution is -2.07. The first-order chi connectivity index (χ1) is 9.97. The number of anilines is 1. The first-order valence-corrected chi connectivity index (χ1v) is 9.11. The molecule has 0 atom stereocenters. The van der Waals surface area contributed by atoms with Gasteiger partial charge < -0.3 is 5.73 Å². The van der Waals surface area contributed by atoms with Gasteiger partial charge in [-0.3, -0.25) is 0 Å². The summed E-state index contributed by atoms with van der Waals surface area (Å²) in [7, 11) is -3.50. The number of hydrogen-bond donors (Lipinski definition) is 1. The molecule has 3 aromatic rings. The molecule has 3 rings (SSSR count). The van der Waals surface area contributed by atoms with Gasteiger partial charge >= 0.3 is 0 Å². The van der Waals surface area contributed by atoms with E-state index in [2.05, 4.69) is 0 Å². The van der Waals surface area contributed by atoms with Crippen molar-refractivity contribution in [1.82, 2.24) is 0 Å². The Bertz CT molecular complexity index is 916. The van der Waals surface area contributed by atoms with Crippen molar-refractivity contribution in [2.75, 3.05) is 5.73 Å². The van der Waals surface area contributed by atoms with Gasteiger partial charge in [0.25, 0.3) is 0 Å². The lowest BCUT2D eigenvalue weighted by atomic mass is 10.2. The van der Waals surface area contributed by atoms with Gasteiger partial charge in [-0.2, -0.15) is 0 Å². The van der Waals surface area contributed by atoms with Crippen LogP contribution in [0.3, 0.4) is 0 Å². The molecular weight excluding hydrogens is 326 g/mol. The van der Waals surface area contributed by atoms with Crippen molar-refractivity contribution in [3.8, 4) is 0 Å². The van der Waals surface area contributed by atoms with E-state index in [0.29, 0.717) is 5.02 Å². The molecule has 2 aromatic carbocycles. The lowest BCUT2D eigenvalue weighted by molar-refractivity contribution is 0.596. The van der Waals surface area contributed by atoms with E-state index in [-0.39, 0.29) is 16.3 Å². The normalized spacial score (nSPS) is 11.9. The molecule has 0 saturated heterocycles. The average Bonchev–Trinajstić information content (AvgIpc) is 2.81. The molecule has 6 heteroatoms. The summed E-state index contributed by atoms with van der Waals surface area (Å²) in [5.74, 6) is -0.0666. The molecule has 1 heterocycles. The zero-order chi connectivity index (χ0) is 15.0. The third kappa shape index (κ3) is 2.77. The highest BCUT2D eigenvalue weighted by Gasteiger charge is 2.20. The zero-order valence-corrected chi connectivity index (χ0v) is 13.3. The summed E-state index contributed by atoms with van der Waals surface area (Å²) in [5.41, 5.74) is 6.77.